The van der Waals surface area contributed by atoms with Gasteiger partial charge in [-0.15, -0.1) is 6.58 Å². The van der Waals surface area contributed by atoms with Crippen molar-refractivity contribution in [2.75, 3.05) is 0 Å². The lowest BCUT2D eigenvalue weighted by Crippen LogP contribution is -1.43. The third-order valence-corrected chi connectivity index (χ3v) is 0.303. The molecule has 0 saturated heterocycles. The highest BCUT2D eigenvalue weighted by Crippen LogP contribution is 1.73. The second-order valence-electron chi connectivity index (χ2n) is 0.760. The smallest absolute Gasteiger partial charge is 0.103 e. The maximum atomic E-state index is 4.94. The molecule has 0 rings (SSSR count). The van der Waals surface area contributed by atoms with Gasteiger partial charge in [0.05, 0.1) is 0 Å². The highest BCUT2D eigenvalue weighted by atomic mass is 13.6. The summed E-state index contributed by atoms with van der Waals surface area (Å²) in [5.41, 5.74) is 0. The summed E-state index contributed by atoms with van der Waals surface area (Å²) in [4.78, 5) is 0. The Bertz CT molecular complexity index is 29.3. The van der Waals surface area contributed by atoms with Crippen LogP contribution in [0.5, 0.6) is 0 Å². The highest BCUT2D eigenvalue weighted by molar-refractivity contribution is 4.77. The van der Waals surface area contributed by atoms with Crippen LogP contribution in [0.1, 0.15) is 6.42 Å². The molecule has 5 heavy (non-hydrogen) atoms. The van der Waals surface area contributed by atoms with E-state index in [4.69, 9.17) is 6.58 Å². The SMILES string of the molecule is [CH+]=CCC=C. The first-order chi connectivity index (χ1) is 2.41. The van der Waals surface area contributed by atoms with Crippen LogP contribution in [-0.4, -0.2) is 0 Å². The summed E-state index contributed by atoms with van der Waals surface area (Å²) in [5, 5.41) is 0. The average Bonchev–Trinajstić information content (AvgIpc) is 1.41. The van der Waals surface area contributed by atoms with E-state index >= 15 is 0 Å². The first-order valence-corrected chi connectivity index (χ1v) is 1.56. The van der Waals surface area contributed by atoms with Gasteiger partial charge in [-0.25, -0.2) is 0 Å². The summed E-state index contributed by atoms with van der Waals surface area (Å²) in [5.74, 6) is 0. The van der Waals surface area contributed by atoms with Gasteiger partial charge in [-0.2, -0.15) is 0 Å². The minimum Gasteiger partial charge on any atom is -0.103 e. The van der Waals surface area contributed by atoms with Crippen LogP contribution in [0, 0.1) is 6.58 Å². The van der Waals surface area contributed by atoms with Gasteiger partial charge in [0.25, 0.3) is 0 Å². The largest absolute Gasteiger partial charge is 0.202 e. The molecule has 0 N–H and O–H groups in total. The quantitative estimate of drug-likeness (QED) is 0.339. The van der Waals surface area contributed by atoms with Gasteiger partial charge >= 0.3 is 0 Å². The lowest BCUT2D eigenvalue weighted by Gasteiger charge is -1.55. The van der Waals surface area contributed by atoms with Crippen molar-refractivity contribution < 1.29 is 0 Å². The van der Waals surface area contributed by atoms with E-state index < -0.39 is 0 Å². The lowest BCUT2D eigenvalue weighted by atomic mass is 10.4. The Labute approximate surface area is 32.8 Å². The zero-order valence-electron chi connectivity index (χ0n) is 3.15. The van der Waals surface area contributed by atoms with Crippen molar-refractivity contribution in [1.82, 2.24) is 0 Å². The third kappa shape index (κ3) is 3.39. The predicted molar refractivity (Wildman–Crippen MR) is 23.7 cm³/mol. The van der Waals surface area contributed by atoms with Crippen molar-refractivity contribution in [2.24, 2.45) is 0 Å². The number of hydrogen-bond donors (Lipinski definition) is 0. The van der Waals surface area contributed by atoms with Crippen molar-refractivity contribution >= 4 is 0 Å². The van der Waals surface area contributed by atoms with Gasteiger partial charge in [-0.05, 0) is 0 Å². The van der Waals surface area contributed by atoms with Crippen LogP contribution in [0.25, 0.3) is 0 Å². The molecule has 0 heteroatoms. The van der Waals surface area contributed by atoms with E-state index in [9.17, 15) is 0 Å². The third-order valence-electron chi connectivity index (χ3n) is 0.303. The van der Waals surface area contributed by atoms with E-state index in [2.05, 4.69) is 6.58 Å². The Morgan fingerprint density at radius 2 is 2.40 bits per heavy atom. The van der Waals surface area contributed by atoms with E-state index in [0.29, 0.717) is 0 Å². The topological polar surface area (TPSA) is 0 Å². The second kappa shape index (κ2) is 3.39. The Balaban J connectivity index is 2.65. The zero-order valence-corrected chi connectivity index (χ0v) is 3.15. The van der Waals surface area contributed by atoms with Crippen LogP contribution in [0.2, 0.25) is 0 Å². The van der Waals surface area contributed by atoms with Gasteiger partial charge in [0, 0.05) is 6.42 Å². The van der Waals surface area contributed by atoms with E-state index in [-0.39, 0.29) is 0 Å². The Kier molecular flexibility index (Phi) is 2.98. The van der Waals surface area contributed by atoms with E-state index in [1.165, 1.54) is 0 Å². The number of allylic oxidation sites excluding steroid dienone is 2. The van der Waals surface area contributed by atoms with E-state index in [1.807, 2.05) is 0 Å². The first kappa shape index (κ1) is 4.39. The van der Waals surface area contributed by atoms with Crippen LogP contribution in [0.15, 0.2) is 18.7 Å². The Morgan fingerprint density at radius 3 is 2.40 bits per heavy atom. The summed E-state index contributed by atoms with van der Waals surface area (Å²) in [6.07, 6.45) is 4.12. The van der Waals surface area contributed by atoms with Crippen LogP contribution < -0.4 is 0 Å². The average molecular weight is 67.1 g/mol. The van der Waals surface area contributed by atoms with Crippen LogP contribution in [-0.2, 0) is 0 Å². The standard InChI is InChI=1S/C5H7/c1-3-5-4-2/h1,3-4H,2,5H2/q+1. The highest BCUT2D eigenvalue weighted by Gasteiger charge is 1.63. The Hall–Kier alpha value is -0.610. The van der Waals surface area contributed by atoms with Crippen molar-refractivity contribution in [3.05, 3.63) is 25.3 Å². The number of rotatable bonds is 2. The molecular weight excluding hydrogens is 60.1 g/mol. The fraction of sp³-hybridized carbons (Fsp3) is 0.200. The molecule has 0 aromatic heterocycles. The molecule has 0 saturated carbocycles. The number of hydrogen-bond acceptors (Lipinski definition) is 0. The minimum absolute atomic E-state index is 0.806. The molecule has 0 nitrogen and oxygen atoms in total. The fourth-order valence-electron chi connectivity index (χ4n) is 0.0962. The molecule has 0 amide bonds. The van der Waals surface area contributed by atoms with E-state index in [1.54, 1.807) is 12.2 Å². The zero-order chi connectivity index (χ0) is 4.12. The molecule has 0 aliphatic heterocycles. The minimum atomic E-state index is 0.806. The van der Waals surface area contributed by atoms with Crippen LogP contribution >= 0.6 is 0 Å². The monoisotopic (exact) mass is 67.1 g/mol. The second-order valence-corrected chi connectivity index (χ2v) is 0.760. The summed E-state index contributed by atoms with van der Waals surface area (Å²) in [6, 6.07) is 0. The van der Waals surface area contributed by atoms with Gasteiger partial charge in [0.2, 0.25) is 6.58 Å². The first-order valence-electron chi connectivity index (χ1n) is 1.56. The lowest BCUT2D eigenvalue weighted by molar-refractivity contribution is 1.42. The van der Waals surface area contributed by atoms with Crippen molar-refractivity contribution in [3.63, 3.8) is 0 Å². The van der Waals surface area contributed by atoms with Gasteiger partial charge in [0.1, 0.15) is 0 Å². The summed E-state index contributed by atoms with van der Waals surface area (Å²) in [7, 11) is 0. The molecule has 0 unspecified atom stereocenters. The molecule has 0 bridgehead atoms. The summed E-state index contributed by atoms with van der Waals surface area (Å²) < 4.78 is 0. The normalized spacial score (nSPS) is 6.20. The maximum absolute atomic E-state index is 4.94. The molecule has 0 atom stereocenters. The maximum Gasteiger partial charge on any atom is 0.202 e. The fourth-order valence-corrected chi connectivity index (χ4v) is 0.0962. The van der Waals surface area contributed by atoms with Crippen molar-refractivity contribution in [1.29, 1.82) is 0 Å². The van der Waals surface area contributed by atoms with Gasteiger partial charge < -0.3 is 0 Å². The van der Waals surface area contributed by atoms with Crippen molar-refractivity contribution in [3.8, 4) is 0 Å². The molecule has 0 radical (unpaired) electrons. The molecule has 0 aliphatic carbocycles. The molecule has 0 aromatic rings. The van der Waals surface area contributed by atoms with Crippen molar-refractivity contribution in [2.45, 2.75) is 6.42 Å². The molecule has 26 valence electrons. The molecule has 0 heterocycles. The van der Waals surface area contributed by atoms with E-state index in [0.717, 1.165) is 6.42 Å². The van der Waals surface area contributed by atoms with Crippen LogP contribution in [0.3, 0.4) is 0 Å². The van der Waals surface area contributed by atoms with Gasteiger partial charge in [0.15, 0.2) is 6.08 Å². The molecule has 0 aromatic carbocycles. The molecular formula is C5H7+. The molecule has 0 spiro atoms. The van der Waals surface area contributed by atoms with Gasteiger partial charge in [-0.1, -0.05) is 6.08 Å². The van der Waals surface area contributed by atoms with Crippen LogP contribution in [0.4, 0.5) is 0 Å². The predicted octanol–water partition coefficient (Wildman–Crippen LogP) is 1.55. The summed E-state index contributed by atoms with van der Waals surface area (Å²) in [6.45, 7) is 8.38. The Morgan fingerprint density at radius 1 is 1.80 bits per heavy atom. The molecule has 0 fully saturated rings. The summed E-state index contributed by atoms with van der Waals surface area (Å²) >= 11 is 0. The van der Waals surface area contributed by atoms with Gasteiger partial charge in [-0.3, -0.25) is 0 Å². The molecule has 0 aliphatic rings.